The van der Waals surface area contributed by atoms with Crippen LogP contribution in [0.4, 0.5) is 5.82 Å². The number of phenols is 1. The minimum atomic E-state index is -0.712. The third-order valence-electron chi connectivity index (χ3n) is 3.76. The quantitative estimate of drug-likeness (QED) is 0.690. The number of aromatic nitrogens is 3. The van der Waals surface area contributed by atoms with Crippen molar-refractivity contribution in [1.29, 1.82) is 0 Å². The highest BCUT2D eigenvalue weighted by molar-refractivity contribution is 5.51. The van der Waals surface area contributed by atoms with Crippen molar-refractivity contribution in [2.75, 3.05) is 5.32 Å². The van der Waals surface area contributed by atoms with E-state index in [0.29, 0.717) is 0 Å². The number of rotatable bonds is 4. The van der Waals surface area contributed by atoms with Gasteiger partial charge < -0.3 is 15.5 Å². The molecule has 3 N–H and O–H groups in total. The SMILES string of the molecule is Cc1cc(N[C@@H](C)[C@H](O)c2ccc(O)cc2)n2nc(C)cc2n1. The smallest absolute Gasteiger partial charge is 0.157 e. The fourth-order valence-corrected chi connectivity index (χ4v) is 2.59. The van der Waals surface area contributed by atoms with Gasteiger partial charge in [0.25, 0.3) is 0 Å². The summed E-state index contributed by atoms with van der Waals surface area (Å²) in [4.78, 5) is 4.45. The Kier molecular flexibility index (Phi) is 3.92. The molecule has 0 spiro atoms. The molecule has 0 aliphatic heterocycles. The summed E-state index contributed by atoms with van der Waals surface area (Å²) in [6, 6.07) is 10.1. The van der Waals surface area contributed by atoms with Crippen molar-refractivity contribution in [2.45, 2.75) is 32.9 Å². The summed E-state index contributed by atoms with van der Waals surface area (Å²) in [6.07, 6.45) is -0.712. The molecule has 6 nitrogen and oxygen atoms in total. The summed E-state index contributed by atoms with van der Waals surface area (Å²) in [5.41, 5.74) is 3.28. The second kappa shape index (κ2) is 5.89. The first-order valence-corrected chi connectivity index (χ1v) is 7.51. The fraction of sp³-hybridized carbons (Fsp3) is 0.294. The lowest BCUT2D eigenvalue weighted by molar-refractivity contribution is 0.160. The van der Waals surface area contributed by atoms with Crippen LogP contribution in [0.1, 0.15) is 30.0 Å². The first-order chi connectivity index (χ1) is 10.9. The van der Waals surface area contributed by atoms with E-state index in [2.05, 4.69) is 15.4 Å². The van der Waals surface area contributed by atoms with Gasteiger partial charge in [-0.25, -0.2) is 4.98 Å². The Bertz CT molecular complexity index is 826. The molecule has 6 heteroatoms. The van der Waals surface area contributed by atoms with Gasteiger partial charge in [-0.15, -0.1) is 0 Å². The molecule has 120 valence electrons. The number of aromatic hydroxyl groups is 1. The van der Waals surface area contributed by atoms with E-state index in [1.165, 1.54) is 0 Å². The largest absolute Gasteiger partial charge is 0.508 e. The first kappa shape index (κ1) is 15.3. The highest BCUT2D eigenvalue weighted by Crippen LogP contribution is 2.23. The van der Waals surface area contributed by atoms with Gasteiger partial charge >= 0.3 is 0 Å². The van der Waals surface area contributed by atoms with Gasteiger partial charge in [-0.3, -0.25) is 0 Å². The highest BCUT2D eigenvalue weighted by atomic mass is 16.3. The number of anilines is 1. The number of phenolic OH excluding ortho intramolecular Hbond substituents is 1. The van der Waals surface area contributed by atoms with Crippen LogP contribution in [0.25, 0.3) is 5.65 Å². The van der Waals surface area contributed by atoms with E-state index < -0.39 is 6.10 Å². The molecule has 1 aromatic carbocycles. The van der Waals surface area contributed by atoms with Gasteiger partial charge in [0.2, 0.25) is 0 Å². The summed E-state index contributed by atoms with van der Waals surface area (Å²) in [6.45, 7) is 5.74. The number of aryl methyl sites for hydroxylation is 2. The number of hydrogen-bond donors (Lipinski definition) is 3. The lowest BCUT2D eigenvalue weighted by Crippen LogP contribution is -2.25. The van der Waals surface area contributed by atoms with Crippen LogP contribution in [-0.4, -0.2) is 30.9 Å². The number of nitrogens with zero attached hydrogens (tertiary/aromatic N) is 3. The van der Waals surface area contributed by atoms with Crippen molar-refractivity contribution in [3.05, 3.63) is 53.3 Å². The maximum absolute atomic E-state index is 10.5. The Balaban J connectivity index is 1.87. The van der Waals surface area contributed by atoms with Gasteiger partial charge in [0.1, 0.15) is 11.6 Å². The average molecular weight is 312 g/mol. The second-order valence-corrected chi connectivity index (χ2v) is 5.81. The van der Waals surface area contributed by atoms with Crippen LogP contribution in [-0.2, 0) is 0 Å². The van der Waals surface area contributed by atoms with Gasteiger partial charge in [0.05, 0.1) is 17.8 Å². The molecule has 2 heterocycles. The molecule has 0 radical (unpaired) electrons. The number of aliphatic hydroxyl groups excluding tert-OH is 1. The van der Waals surface area contributed by atoms with E-state index in [-0.39, 0.29) is 11.8 Å². The Morgan fingerprint density at radius 2 is 1.78 bits per heavy atom. The molecule has 0 saturated carbocycles. The second-order valence-electron chi connectivity index (χ2n) is 5.81. The van der Waals surface area contributed by atoms with Crippen LogP contribution >= 0.6 is 0 Å². The van der Waals surface area contributed by atoms with Crippen molar-refractivity contribution in [1.82, 2.24) is 14.6 Å². The average Bonchev–Trinajstić information content (AvgIpc) is 2.87. The summed E-state index contributed by atoms with van der Waals surface area (Å²) in [5.74, 6) is 0.964. The number of aliphatic hydroxyl groups is 1. The van der Waals surface area contributed by atoms with Crippen molar-refractivity contribution < 1.29 is 10.2 Å². The molecular weight excluding hydrogens is 292 g/mol. The Hall–Kier alpha value is -2.60. The van der Waals surface area contributed by atoms with Gasteiger partial charge in [-0.1, -0.05) is 12.1 Å². The molecule has 3 aromatic rings. The van der Waals surface area contributed by atoms with Gasteiger partial charge in [-0.2, -0.15) is 9.61 Å². The molecule has 0 amide bonds. The van der Waals surface area contributed by atoms with E-state index >= 15 is 0 Å². The van der Waals surface area contributed by atoms with Gasteiger partial charge in [0, 0.05) is 17.8 Å². The highest BCUT2D eigenvalue weighted by Gasteiger charge is 2.18. The molecule has 2 aromatic heterocycles. The number of benzene rings is 1. The topological polar surface area (TPSA) is 82.7 Å². The Morgan fingerprint density at radius 3 is 2.48 bits per heavy atom. The zero-order valence-electron chi connectivity index (χ0n) is 13.4. The summed E-state index contributed by atoms with van der Waals surface area (Å²) in [5, 5.41) is 27.6. The minimum Gasteiger partial charge on any atom is -0.508 e. The normalized spacial score (nSPS) is 13.9. The molecule has 0 bridgehead atoms. The minimum absolute atomic E-state index is 0.181. The summed E-state index contributed by atoms with van der Waals surface area (Å²) < 4.78 is 1.74. The lowest BCUT2D eigenvalue weighted by Gasteiger charge is -2.22. The Labute approximate surface area is 134 Å². The molecular formula is C17H20N4O2. The van der Waals surface area contributed by atoms with Gasteiger partial charge in [0.15, 0.2) is 5.65 Å². The first-order valence-electron chi connectivity index (χ1n) is 7.51. The van der Waals surface area contributed by atoms with Crippen LogP contribution in [0.2, 0.25) is 0 Å². The summed E-state index contributed by atoms with van der Waals surface area (Å²) in [7, 11) is 0. The van der Waals surface area contributed by atoms with Crippen LogP contribution in [0.3, 0.4) is 0 Å². The van der Waals surface area contributed by atoms with Gasteiger partial charge in [-0.05, 0) is 38.5 Å². The molecule has 0 aliphatic rings. The van der Waals surface area contributed by atoms with Crippen LogP contribution in [0.5, 0.6) is 5.75 Å². The van der Waals surface area contributed by atoms with Crippen LogP contribution in [0, 0.1) is 13.8 Å². The predicted octanol–water partition coefficient (Wildman–Crippen LogP) is 2.59. The molecule has 23 heavy (non-hydrogen) atoms. The van der Waals surface area contributed by atoms with E-state index in [9.17, 15) is 10.2 Å². The van der Waals surface area contributed by atoms with Crippen LogP contribution in [0.15, 0.2) is 36.4 Å². The standard InChI is InChI=1S/C17H20N4O2/c1-10-8-16(21-15(18-10)9-11(2)20-21)19-12(3)17(23)13-4-6-14(22)7-5-13/h4-9,12,17,19,22-23H,1-3H3/t12-,17-/m0/s1. The molecule has 0 saturated heterocycles. The zero-order valence-corrected chi connectivity index (χ0v) is 13.4. The van der Waals surface area contributed by atoms with Crippen molar-refractivity contribution >= 4 is 11.5 Å². The molecule has 3 rings (SSSR count). The van der Waals surface area contributed by atoms with E-state index in [4.69, 9.17) is 0 Å². The van der Waals surface area contributed by atoms with E-state index in [1.807, 2.05) is 32.9 Å². The van der Waals surface area contributed by atoms with Crippen molar-refractivity contribution in [3.63, 3.8) is 0 Å². The number of nitrogens with one attached hydrogen (secondary N) is 1. The fourth-order valence-electron chi connectivity index (χ4n) is 2.59. The molecule has 0 unspecified atom stereocenters. The zero-order chi connectivity index (χ0) is 16.6. The Morgan fingerprint density at radius 1 is 1.09 bits per heavy atom. The van der Waals surface area contributed by atoms with E-state index in [0.717, 1.165) is 28.4 Å². The summed E-state index contributed by atoms with van der Waals surface area (Å²) >= 11 is 0. The maximum atomic E-state index is 10.5. The third kappa shape index (κ3) is 3.12. The molecule has 0 aliphatic carbocycles. The lowest BCUT2D eigenvalue weighted by atomic mass is 10.0. The van der Waals surface area contributed by atoms with E-state index in [1.54, 1.807) is 28.8 Å². The van der Waals surface area contributed by atoms with Crippen molar-refractivity contribution in [3.8, 4) is 5.75 Å². The number of hydrogen-bond acceptors (Lipinski definition) is 5. The predicted molar refractivity (Wildman–Crippen MR) is 88.6 cm³/mol. The maximum Gasteiger partial charge on any atom is 0.157 e. The van der Waals surface area contributed by atoms with Crippen molar-refractivity contribution in [2.24, 2.45) is 0 Å². The monoisotopic (exact) mass is 312 g/mol. The number of fused-ring (bicyclic) bond motifs is 1. The van der Waals surface area contributed by atoms with Crippen LogP contribution < -0.4 is 5.32 Å². The third-order valence-corrected chi connectivity index (χ3v) is 3.76. The molecule has 0 fully saturated rings. The molecule has 2 atom stereocenters.